The van der Waals surface area contributed by atoms with Crippen molar-refractivity contribution in [3.8, 4) is 0 Å². The number of β-lactam (4-membered cyclic amide) rings is 1. The van der Waals surface area contributed by atoms with Crippen molar-refractivity contribution >= 4 is 46.3 Å². The average molecular weight is 503 g/mol. The van der Waals surface area contributed by atoms with Crippen LogP contribution in [-0.2, 0) is 30.9 Å². The molecule has 1 amide bonds. The van der Waals surface area contributed by atoms with Gasteiger partial charge in [-0.3, -0.25) is 14.4 Å². The molecule has 10 heteroatoms. The normalized spacial score (nSPS) is 24.0. The van der Waals surface area contributed by atoms with E-state index in [9.17, 15) is 24.3 Å². The molecule has 1 N–H and O–H groups in total. The molecule has 0 unspecified atom stereocenters. The number of Topliss-reactive ketones (excluding diaryl/α,β-unsaturated/α-hetero) is 1. The number of hydrogen-bond donors (Lipinski definition) is 1. The molecule has 2 fully saturated rings. The zero-order chi connectivity index (χ0) is 25.9. The summed E-state index contributed by atoms with van der Waals surface area (Å²) in [4.78, 5) is 52.4. The first-order chi connectivity index (χ1) is 16.3. The van der Waals surface area contributed by atoms with Crippen LogP contribution >= 0.6 is 11.8 Å². The molecule has 0 saturated carbocycles. The monoisotopic (exact) mass is 502 g/mol. The molecule has 1 aromatic carbocycles. The molecule has 2 aliphatic rings. The minimum Gasteiger partial charge on any atom is -0.427 e. The molecule has 35 heavy (non-hydrogen) atoms. The first kappa shape index (κ1) is 25.2. The minimum absolute atomic E-state index is 0.309. The number of esters is 2. The van der Waals surface area contributed by atoms with E-state index in [1.807, 2.05) is 24.3 Å². The number of hydrogen-bond acceptors (Lipinski definition) is 8. The summed E-state index contributed by atoms with van der Waals surface area (Å²) in [5.74, 6) is -3.21. The number of aliphatic hydroxyl groups is 1. The number of ether oxygens (including phenoxy) is 2. The van der Waals surface area contributed by atoms with Crippen LogP contribution in [0, 0.1) is 11.3 Å². The molecule has 0 radical (unpaired) electrons. The van der Waals surface area contributed by atoms with Gasteiger partial charge in [0, 0.05) is 22.7 Å². The molecule has 2 saturated heterocycles. The van der Waals surface area contributed by atoms with Gasteiger partial charge in [-0.25, -0.2) is 4.79 Å². The molecule has 0 spiro atoms. The van der Waals surface area contributed by atoms with E-state index >= 15 is 0 Å². The molecule has 4 rings (SSSR count). The highest BCUT2D eigenvalue weighted by Crippen LogP contribution is 2.54. The Morgan fingerprint density at radius 1 is 1.17 bits per heavy atom. The quantitative estimate of drug-likeness (QED) is 0.277. The van der Waals surface area contributed by atoms with Crippen LogP contribution in [0.2, 0.25) is 0 Å². The second-order valence-electron chi connectivity index (χ2n) is 10.5. The first-order valence-electron chi connectivity index (χ1n) is 11.4. The van der Waals surface area contributed by atoms with E-state index in [1.165, 1.54) is 16.7 Å². The number of carbonyl (C=O) groups excluding carboxylic acids is 4. The predicted octanol–water partition coefficient (Wildman–Crippen LogP) is 2.49. The van der Waals surface area contributed by atoms with E-state index in [4.69, 9.17) is 9.47 Å². The lowest BCUT2D eigenvalue weighted by Crippen LogP contribution is -2.66. The van der Waals surface area contributed by atoms with Gasteiger partial charge in [-0.2, -0.15) is 0 Å². The van der Waals surface area contributed by atoms with Crippen LogP contribution in [0.25, 0.3) is 10.9 Å². The average Bonchev–Trinajstić information content (AvgIpc) is 3.23. The fourth-order valence-corrected chi connectivity index (χ4v) is 6.30. The molecule has 188 valence electrons. The summed E-state index contributed by atoms with van der Waals surface area (Å²) in [5, 5.41) is 11.2. The lowest BCUT2D eigenvalue weighted by Gasteiger charge is -2.45. The molecule has 0 bridgehead atoms. The Kier molecular flexibility index (Phi) is 6.25. The van der Waals surface area contributed by atoms with Gasteiger partial charge >= 0.3 is 11.9 Å². The standard InChI is InChI=1S/C25H30N2O7S/c1-24(2,3)23(32)34-12-33-22(31)19-25(4,5)35-21-16(20(30)27(19)21)18(29)17(28)15-11-13-9-7-8-10-14(13)26(15)6/h7-11,16,18-19,21,29H,12H2,1-6H3/t16-,18+,19+,21-/m1/s1. The van der Waals surface area contributed by atoms with Gasteiger partial charge in [0.15, 0.2) is 0 Å². The van der Waals surface area contributed by atoms with Crippen molar-refractivity contribution in [3.05, 3.63) is 36.0 Å². The SMILES string of the molecule is Cn1c(C(=O)[C@@H](O)[C@@H]2C(=O)N3[C@@H]2SC(C)(C)[C@@H]3C(=O)OCOC(=O)C(C)(C)C)cc2ccccc21. The summed E-state index contributed by atoms with van der Waals surface area (Å²) in [6, 6.07) is 8.24. The molecular weight excluding hydrogens is 472 g/mol. The number of aliphatic hydroxyl groups excluding tert-OH is 1. The van der Waals surface area contributed by atoms with Gasteiger partial charge in [0.05, 0.1) is 16.5 Å². The van der Waals surface area contributed by atoms with Gasteiger partial charge in [-0.05, 0) is 46.8 Å². The van der Waals surface area contributed by atoms with Gasteiger partial charge in [-0.1, -0.05) is 18.2 Å². The highest BCUT2D eigenvalue weighted by Gasteiger charge is 2.66. The van der Waals surface area contributed by atoms with Gasteiger partial charge in [0.1, 0.15) is 18.1 Å². The summed E-state index contributed by atoms with van der Waals surface area (Å²) in [6.45, 7) is 8.09. The zero-order valence-corrected chi connectivity index (χ0v) is 21.4. The van der Waals surface area contributed by atoms with Crippen molar-refractivity contribution in [3.63, 3.8) is 0 Å². The topological polar surface area (TPSA) is 115 Å². The van der Waals surface area contributed by atoms with Gasteiger partial charge < -0.3 is 24.0 Å². The van der Waals surface area contributed by atoms with Crippen LogP contribution in [0.5, 0.6) is 0 Å². The van der Waals surface area contributed by atoms with E-state index in [1.54, 1.807) is 52.3 Å². The first-order valence-corrected chi connectivity index (χ1v) is 12.2. The minimum atomic E-state index is -1.54. The molecule has 4 atom stereocenters. The van der Waals surface area contributed by atoms with Gasteiger partial charge in [-0.15, -0.1) is 11.8 Å². The Morgan fingerprint density at radius 2 is 1.83 bits per heavy atom. The van der Waals surface area contributed by atoms with Crippen molar-refractivity contribution in [1.29, 1.82) is 0 Å². The highest BCUT2D eigenvalue weighted by molar-refractivity contribution is 8.01. The lowest BCUT2D eigenvalue weighted by atomic mass is 9.85. The molecule has 9 nitrogen and oxygen atoms in total. The van der Waals surface area contributed by atoms with E-state index < -0.39 is 64.0 Å². The van der Waals surface area contributed by atoms with E-state index in [-0.39, 0.29) is 0 Å². The Balaban J connectivity index is 1.47. The number of thioether (sulfide) groups is 1. The number of fused-ring (bicyclic) bond motifs is 2. The maximum atomic E-state index is 13.2. The number of aromatic nitrogens is 1. The molecule has 0 aliphatic carbocycles. The van der Waals surface area contributed by atoms with Crippen LogP contribution < -0.4 is 0 Å². The molecule has 3 heterocycles. The second kappa shape index (κ2) is 8.67. The zero-order valence-electron chi connectivity index (χ0n) is 20.6. The summed E-state index contributed by atoms with van der Waals surface area (Å²) >= 11 is 1.34. The number of nitrogens with zero attached hydrogens (tertiary/aromatic N) is 2. The Morgan fingerprint density at radius 3 is 2.46 bits per heavy atom. The van der Waals surface area contributed by atoms with Crippen LogP contribution in [0.15, 0.2) is 30.3 Å². The van der Waals surface area contributed by atoms with Gasteiger partial charge in [0.2, 0.25) is 18.5 Å². The van der Waals surface area contributed by atoms with E-state index in [2.05, 4.69) is 0 Å². The molecule has 1 aromatic heterocycles. The van der Waals surface area contributed by atoms with Crippen molar-refractivity contribution in [2.75, 3.05) is 6.79 Å². The third-order valence-corrected chi connectivity index (χ3v) is 8.11. The van der Waals surface area contributed by atoms with Crippen LogP contribution in [0.1, 0.15) is 45.1 Å². The van der Waals surface area contributed by atoms with Crippen molar-refractivity contribution in [2.45, 2.75) is 56.9 Å². The number of amides is 1. The predicted molar refractivity (Wildman–Crippen MR) is 129 cm³/mol. The number of rotatable bonds is 6. The van der Waals surface area contributed by atoms with E-state index in [0.717, 1.165) is 10.9 Å². The number of aryl methyl sites for hydroxylation is 1. The number of benzene rings is 1. The largest absolute Gasteiger partial charge is 0.427 e. The second-order valence-corrected chi connectivity index (χ2v) is 12.3. The Bertz CT molecular complexity index is 1210. The smallest absolute Gasteiger partial charge is 0.333 e. The fourth-order valence-electron chi connectivity index (χ4n) is 4.59. The third-order valence-electron chi connectivity index (χ3n) is 6.52. The van der Waals surface area contributed by atoms with Crippen LogP contribution in [0.3, 0.4) is 0 Å². The maximum absolute atomic E-state index is 13.2. The van der Waals surface area contributed by atoms with Crippen molar-refractivity contribution in [1.82, 2.24) is 9.47 Å². The Hall–Kier alpha value is -2.85. The van der Waals surface area contributed by atoms with E-state index in [0.29, 0.717) is 5.69 Å². The van der Waals surface area contributed by atoms with Gasteiger partial charge in [0.25, 0.3) is 0 Å². The third kappa shape index (κ3) is 4.23. The maximum Gasteiger partial charge on any atom is 0.333 e. The van der Waals surface area contributed by atoms with Crippen LogP contribution in [-0.4, -0.2) is 67.3 Å². The highest BCUT2D eigenvalue weighted by atomic mass is 32.2. The lowest BCUT2D eigenvalue weighted by molar-refractivity contribution is -0.182. The van der Waals surface area contributed by atoms with Crippen molar-refractivity contribution < 1.29 is 33.8 Å². The number of ketones is 1. The molecule has 2 aliphatic heterocycles. The summed E-state index contributed by atoms with van der Waals surface area (Å²) in [7, 11) is 1.74. The number of para-hydroxylation sites is 1. The molecular formula is C25H30N2O7S. The summed E-state index contributed by atoms with van der Waals surface area (Å²) in [6.07, 6.45) is -1.54. The van der Waals surface area contributed by atoms with Crippen molar-refractivity contribution in [2.24, 2.45) is 18.4 Å². The number of carbonyl (C=O) groups is 4. The summed E-state index contributed by atoms with van der Waals surface area (Å²) in [5.41, 5.74) is 0.410. The summed E-state index contributed by atoms with van der Waals surface area (Å²) < 4.78 is 11.1. The fraction of sp³-hybridized carbons (Fsp3) is 0.520. The molecule has 2 aromatic rings. The Labute approximate surface area is 207 Å². The van der Waals surface area contributed by atoms with Crippen LogP contribution in [0.4, 0.5) is 0 Å².